The molecule has 4 nitrogen and oxygen atoms in total. The summed E-state index contributed by atoms with van der Waals surface area (Å²) < 4.78 is 5.57. The lowest BCUT2D eigenvalue weighted by atomic mass is 10.3. The average molecular weight is 217 g/mol. The molecule has 0 unspecified atom stereocenters. The molecule has 0 amide bonds. The summed E-state index contributed by atoms with van der Waals surface area (Å²) in [7, 11) is 0. The third-order valence-corrected chi connectivity index (χ3v) is 2.88. The number of fused-ring (bicyclic) bond motifs is 1. The molecular weight excluding hydrogens is 210 g/mol. The van der Waals surface area contributed by atoms with E-state index in [2.05, 4.69) is 9.97 Å². The Bertz CT molecular complexity index is 599. The highest BCUT2D eigenvalue weighted by molar-refractivity contribution is 7.15. The van der Waals surface area contributed by atoms with E-state index in [1.807, 2.05) is 17.5 Å². The lowest BCUT2D eigenvalue weighted by Gasteiger charge is -1.91. The number of rotatable bonds is 1. The Hall–Kier alpha value is -1.88. The minimum absolute atomic E-state index is 0.585. The van der Waals surface area contributed by atoms with E-state index in [0.29, 0.717) is 16.5 Å². The molecule has 5 heteroatoms. The number of oxazole rings is 1. The molecule has 3 aromatic rings. The highest BCUT2D eigenvalue weighted by Crippen LogP contribution is 2.31. The fraction of sp³-hybridized carbons (Fsp3) is 0. The third-order valence-electron chi connectivity index (χ3n) is 2.10. The third kappa shape index (κ3) is 1.28. The molecule has 0 aliphatic heterocycles. The molecule has 0 bridgehead atoms. The lowest BCUT2D eigenvalue weighted by molar-refractivity contribution is 0.621. The Morgan fingerprint density at radius 3 is 2.80 bits per heavy atom. The van der Waals surface area contributed by atoms with E-state index >= 15 is 0 Å². The SMILES string of the molecule is Nc1scc2nc(-c3ccncc3)oc12. The number of nitrogens with zero attached hydrogens (tertiary/aromatic N) is 2. The van der Waals surface area contributed by atoms with Gasteiger partial charge in [-0.05, 0) is 12.1 Å². The molecule has 3 heterocycles. The monoisotopic (exact) mass is 217 g/mol. The Labute approximate surface area is 89.4 Å². The van der Waals surface area contributed by atoms with E-state index in [1.165, 1.54) is 11.3 Å². The van der Waals surface area contributed by atoms with Gasteiger partial charge in [-0.15, -0.1) is 11.3 Å². The molecule has 0 fully saturated rings. The second-order valence-electron chi connectivity index (χ2n) is 3.07. The average Bonchev–Trinajstić information content (AvgIpc) is 2.83. The van der Waals surface area contributed by atoms with Gasteiger partial charge in [-0.1, -0.05) is 0 Å². The smallest absolute Gasteiger partial charge is 0.227 e. The fourth-order valence-corrected chi connectivity index (χ4v) is 2.03. The molecule has 15 heavy (non-hydrogen) atoms. The van der Waals surface area contributed by atoms with Gasteiger partial charge in [-0.3, -0.25) is 4.98 Å². The summed E-state index contributed by atoms with van der Waals surface area (Å²) in [5, 5.41) is 2.55. The highest BCUT2D eigenvalue weighted by atomic mass is 32.1. The Balaban J connectivity index is 2.20. The van der Waals surface area contributed by atoms with Crippen molar-refractivity contribution in [2.24, 2.45) is 0 Å². The number of pyridine rings is 1. The summed E-state index contributed by atoms with van der Waals surface area (Å²) in [5.41, 5.74) is 8.13. The molecule has 0 radical (unpaired) electrons. The minimum Gasteiger partial charge on any atom is -0.433 e. The molecule has 2 N–H and O–H groups in total. The number of anilines is 1. The van der Waals surface area contributed by atoms with Crippen LogP contribution in [0.25, 0.3) is 22.6 Å². The summed E-state index contributed by atoms with van der Waals surface area (Å²) >= 11 is 1.44. The number of hydrogen-bond donors (Lipinski definition) is 1. The van der Waals surface area contributed by atoms with Gasteiger partial charge < -0.3 is 10.2 Å². The van der Waals surface area contributed by atoms with Gasteiger partial charge >= 0.3 is 0 Å². The van der Waals surface area contributed by atoms with Crippen LogP contribution < -0.4 is 5.73 Å². The number of nitrogens with two attached hydrogens (primary N) is 1. The van der Waals surface area contributed by atoms with E-state index in [1.54, 1.807) is 12.4 Å². The van der Waals surface area contributed by atoms with Crippen LogP contribution in [0.3, 0.4) is 0 Å². The molecule has 0 spiro atoms. The first-order valence-corrected chi connectivity index (χ1v) is 5.26. The lowest BCUT2D eigenvalue weighted by Crippen LogP contribution is -1.77. The summed E-state index contributed by atoms with van der Waals surface area (Å²) in [5.74, 6) is 0.585. The van der Waals surface area contributed by atoms with Crippen molar-refractivity contribution in [3.8, 4) is 11.5 Å². The molecule has 0 aromatic carbocycles. The van der Waals surface area contributed by atoms with Crippen LogP contribution in [0, 0.1) is 0 Å². The first-order chi connectivity index (χ1) is 7.34. The maximum Gasteiger partial charge on any atom is 0.227 e. The van der Waals surface area contributed by atoms with Gasteiger partial charge in [0.2, 0.25) is 5.89 Å². The Kier molecular flexibility index (Phi) is 1.72. The maximum atomic E-state index is 5.74. The second kappa shape index (κ2) is 3.06. The van der Waals surface area contributed by atoms with Crippen LogP contribution in [0.15, 0.2) is 34.3 Å². The zero-order valence-electron chi connectivity index (χ0n) is 7.68. The van der Waals surface area contributed by atoms with Crippen LogP contribution in [0.1, 0.15) is 0 Å². The van der Waals surface area contributed by atoms with Gasteiger partial charge in [0.25, 0.3) is 0 Å². The van der Waals surface area contributed by atoms with E-state index in [0.717, 1.165) is 11.1 Å². The molecule has 0 atom stereocenters. The van der Waals surface area contributed by atoms with Gasteiger partial charge in [0.05, 0.1) is 0 Å². The molecule has 0 saturated heterocycles. The highest BCUT2D eigenvalue weighted by Gasteiger charge is 2.11. The molecule has 0 aliphatic carbocycles. The fourth-order valence-electron chi connectivity index (χ4n) is 1.38. The van der Waals surface area contributed by atoms with Crippen LogP contribution in [0.2, 0.25) is 0 Å². The van der Waals surface area contributed by atoms with Crippen molar-refractivity contribution in [1.82, 2.24) is 9.97 Å². The molecular formula is C10H7N3OS. The summed E-state index contributed by atoms with van der Waals surface area (Å²) in [4.78, 5) is 8.28. The molecule has 3 rings (SSSR count). The summed E-state index contributed by atoms with van der Waals surface area (Å²) in [6, 6.07) is 3.70. The van der Waals surface area contributed by atoms with Gasteiger partial charge in [-0.2, -0.15) is 0 Å². The van der Waals surface area contributed by atoms with E-state index in [4.69, 9.17) is 10.2 Å². The zero-order valence-corrected chi connectivity index (χ0v) is 8.49. The van der Waals surface area contributed by atoms with Crippen LogP contribution in [0.4, 0.5) is 5.00 Å². The van der Waals surface area contributed by atoms with Crippen LogP contribution >= 0.6 is 11.3 Å². The van der Waals surface area contributed by atoms with Crippen molar-refractivity contribution in [2.45, 2.75) is 0 Å². The first-order valence-electron chi connectivity index (χ1n) is 4.38. The van der Waals surface area contributed by atoms with Crippen molar-refractivity contribution in [1.29, 1.82) is 0 Å². The summed E-state index contributed by atoms with van der Waals surface area (Å²) in [6.45, 7) is 0. The van der Waals surface area contributed by atoms with Crippen LogP contribution in [-0.2, 0) is 0 Å². The van der Waals surface area contributed by atoms with Gasteiger partial charge in [-0.25, -0.2) is 4.98 Å². The van der Waals surface area contributed by atoms with Gasteiger partial charge in [0.1, 0.15) is 10.5 Å². The van der Waals surface area contributed by atoms with Gasteiger partial charge in [0, 0.05) is 23.3 Å². The predicted octanol–water partition coefficient (Wildman–Crippen LogP) is 2.53. The normalized spacial score (nSPS) is 10.9. The standard InChI is InChI=1S/C10H7N3OS/c11-9-8-7(5-15-9)13-10(14-8)6-1-3-12-4-2-6/h1-5H,11H2. The Morgan fingerprint density at radius 1 is 1.27 bits per heavy atom. The second-order valence-corrected chi connectivity index (χ2v) is 3.98. The molecule has 74 valence electrons. The zero-order chi connectivity index (χ0) is 10.3. The van der Waals surface area contributed by atoms with E-state index < -0.39 is 0 Å². The topological polar surface area (TPSA) is 64.9 Å². The van der Waals surface area contributed by atoms with Crippen molar-refractivity contribution in [2.75, 3.05) is 5.73 Å². The first kappa shape index (κ1) is 8.43. The molecule has 3 aromatic heterocycles. The number of hydrogen-bond acceptors (Lipinski definition) is 5. The van der Waals surface area contributed by atoms with Crippen LogP contribution in [0.5, 0.6) is 0 Å². The van der Waals surface area contributed by atoms with E-state index in [9.17, 15) is 0 Å². The number of nitrogen functional groups attached to an aromatic ring is 1. The predicted molar refractivity (Wildman–Crippen MR) is 59.5 cm³/mol. The minimum atomic E-state index is 0.585. The van der Waals surface area contributed by atoms with Crippen LogP contribution in [-0.4, -0.2) is 9.97 Å². The number of aromatic nitrogens is 2. The van der Waals surface area contributed by atoms with Crippen molar-refractivity contribution >= 4 is 27.4 Å². The molecule has 0 aliphatic rings. The van der Waals surface area contributed by atoms with Gasteiger partial charge in [0.15, 0.2) is 5.58 Å². The van der Waals surface area contributed by atoms with Crippen molar-refractivity contribution in [3.05, 3.63) is 29.9 Å². The van der Waals surface area contributed by atoms with Crippen molar-refractivity contribution in [3.63, 3.8) is 0 Å². The number of thiophene rings is 1. The maximum absolute atomic E-state index is 5.74. The quantitative estimate of drug-likeness (QED) is 0.680. The van der Waals surface area contributed by atoms with Crippen molar-refractivity contribution < 1.29 is 4.42 Å². The largest absolute Gasteiger partial charge is 0.433 e. The van der Waals surface area contributed by atoms with E-state index in [-0.39, 0.29) is 0 Å². The molecule has 0 saturated carbocycles. The Morgan fingerprint density at radius 2 is 2.07 bits per heavy atom. The summed E-state index contributed by atoms with van der Waals surface area (Å²) in [6.07, 6.45) is 3.41.